The second kappa shape index (κ2) is 8.89. The Morgan fingerprint density at radius 1 is 1.09 bits per heavy atom. The number of hydrogen-bond acceptors (Lipinski definition) is 4. The summed E-state index contributed by atoms with van der Waals surface area (Å²) in [6, 6.07) is -0.548. The molecule has 6 heteroatoms. The minimum atomic E-state index is -0.548. The first-order valence-electron chi connectivity index (χ1n) is 8.42. The van der Waals surface area contributed by atoms with Gasteiger partial charge in [-0.3, -0.25) is 14.4 Å². The highest BCUT2D eigenvalue weighted by Gasteiger charge is 2.49. The number of carbonyl (C=O) groups is 3. The largest absolute Gasteiger partial charge is 0.469 e. The zero-order valence-corrected chi connectivity index (χ0v) is 14.8. The molecule has 1 saturated carbocycles. The summed E-state index contributed by atoms with van der Waals surface area (Å²) in [6.07, 6.45) is 1.98. The van der Waals surface area contributed by atoms with Crippen molar-refractivity contribution in [2.24, 2.45) is 23.7 Å². The SMILES string of the molecule is COC(=O)[C@H]1C[C@@H]1C(=O)N[C@@H](CC(C)C)C(=O)NCCC(C)C. The van der Waals surface area contributed by atoms with Gasteiger partial charge in [0, 0.05) is 6.54 Å². The molecule has 3 atom stereocenters. The topological polar surface area (TPSA) is 84.5 Å². The second-order valence-electron chi connectivity index (χ2n) is 7.14. The molecule has 6 nitrogen and oxygen atoms in total. The van der Waals surface area contributed by atoms with Crippen LogP contribution < -0.4 is 10.6 Å². The molecule has 1 aliphatic rings. The maximum Gasteiger partial charge on any atom is 0.309 e. The van der Waals surface area contributed by atoms with E-state index < -0.39 is 6.04 Å². The van der Waals surface area contributed by atoms with Crippen molar-refractivity contribution in [2.45, 2.75) is 53.0 Å². The quantitative estimate of drug-likeness (QED) is 0.629. The van der Waals surface area contributed by atoms with Crippen molar-refractivity contribution in [1.29, 1.82) is 0 Å². The summed E-state index contributed by atoms with van der Waals surface area (Å²) in [5, 5.41) is 5.68. The first kappa shape index (κ1) is 19.5. The Morgan fingerprint density at radius 2 is 1.74 bits per heavy atom. The molecule has 1 fully saturated rings. The number of amides is 2. The van der Waals surface area contributed by atoms with Gasteiger partial charge in [0.2, 0.25) is 11.8 Å². The smallest absolute Gasteiger partial charge is 0.309 e. The van der Waals surface area contributed by atoms with Crippen LogP contribution in [0.2, 0.25) is 0 Å². The first-order valence-corrected chi connectivity index (χ1v) is 8.42. The molecule has 0 aromatic rings. The molecule has 0 unspecified atom stereocenters. The molecule has 0 spiro atoms. The van der Waals surface area contributed by atoms with Gasteiger partial charge in [-0.05, 0) is 31.1 Å². The van der Waals surface area contributed by atoms with E-state index in [0.29, 0.717) is 25.3 Å². The Balaban J connectivity index is 2.52. The number of rotatable bonds is 9. The fourth-order valence-electron chi connectivity index (χ4n) is 2.49. The highest BCUT2D eigenvalue weighted by molar-refractivity contribution is 5.93. The molecule has 0 saturated heterocycles. The van der Waals surface area contributed by atoms with Crippen molar-refractivity contribution in [3.05, 3.63) is 0 Å². The molecule has 1 rings (SSSR count). The number of esters is 1. The van der Waals surface area contributed by atoms with E-state index in [0.717, 1.165) is 6.42 Å². The summed E-state index contributed by atoms with van der Waals surface area (Å²) in [6.45, 7) is 8.82. The van der Waals surface area contributed by atoms with Gasteiger partial charge < -0.3 is 15.4 Å². The number of ether oxygens (including phenoxy) is 1. The normalized spacial score (nSPS) is 21.0. The predicted molar refractivity (Wildman–Crippen MR) is 87.5 cm³/mol. The van der Waals surface area contributed by atoms with Crippen LogP contribution >= 0.6 is 0 Å². The van der Waals surface area contributed by atoms with Crippen molar-refractivity contribution in [3.8, 4) is 0 Å². The summed E-state index contributed by atoms with van der Waals surface area (Å²) in [5.41, 5.74) is 0. The molecule has 132 valence electrons. The van der Waals surface area contributed by atoms with Crippen LogP contribution in [0.5, 0.6) is 0 Å². The Hall–Kier alpha value is -1.59. The fraction of sp³-hybridized carbons (Fsp3) is 0.824. The number of methoxy groups -OCH3 is 1. The van der Waals surface area contributed by atoms with E-state index >= 15 is 0 Å². The van der Waals surface area contributed by atoms with Gasteiger partial charge in [-0.2, -0.15) is 0 Å². The van der Waals surface area contributed by atoms with Gasteiger partial charge in [-0.15, -0.1) is 0 Å². The van der Waals surface area contributed by atoms with Crippen LogP contribution in [0.25, 0.3) is 0 Å². The summed E-state index contributed by atoms with van der Waals surface area (Å²) < 4.78 is 4.65. The molecule has 2 N–H and O–H groups in total. The minimum absolute atomic E-state index is 0.150. The molecule has 1 aliphatic carbocycles. The summed E-state index contributed by atoms with van der Waals surface area (Å²) in [4.78, 5) is 35.9. The van der Waals surface area contributed by atoms with Crippen molar-refractivity contribution in [2.75, 3.05) is 13.7 Å². The highest BCUT2D eigenvalue weighted by Crippen LogP contribution is 2.39. The van der Waals surface area contributed by atoms with Crippen LogP contribution in [-0.4, -0.2) is 37.5 Å². The number of nitrogens with one attached hydrogen (secondary N) is 2. The van der Waals surface area contributed by atoms with E-state index in [1.165, 1.54) is 7.11 Å². The maximum absolute atomic E-state index is 12.3. The first-order chi connectivity index (χ1) is 10.8. The second-order valence-corrected chi connectivity index (χ2v) is 7.14. The molecule has 23 heavy (non-hydrogen) atoms. The highest BCUT2D eigenvalue weighted by atomic mass is 16.5. The molecule has 0 aromatic carbocycles. The Morgan fingerprint density at radius 3 is 2.26 bits per heavy atom. The average Bonchev–Trinajstić information content (AvgIpc) is 3.25. The summed E-state index contributed by atoms with van der Waals surface area (Å²) >= 11 is 0. The fourth-order valence-corrected chi connectivity index (χ4v) is 2.49. The summed E-state index contributed by atoms with van der Waals surface area (Å²) in [5.74, 6) is -0.656. The van der Waals surface area contributed by atoms with E-state index in [1.807, 2.05) is 13.8 Å². The lowest BCUT2D eigenvalue weighted by Gasteiger charge is -2.20. The van der Waals surface area contributed by atoms with Gasteiger partial charge in [-0.25, -0.2) is 0 Å². The standard InChI is InChI=1S/C17H30N2O4/c1-10(2)6-7-18-16(21)14(8-11(3)4)19-15(20)12-9-13(12)17(22)23-5/h10-14H,6-9H2,1-5H3,(H,18,21)(H,19,20)/t12-,13-,14-/m0/s1. The van der Waals surface area contributed by atoms with E-state index in [1.54, 1.807) is 0 Å². The minimum Gasteiger partial charge on any atom is -0.469 e. The zero-order chi connectivity index (χ0) is 17.6. The van der Waals surface area contributed by atoms with Gasteiger partial charge in [-0.1, -0.05) is 27.7 Å². The Labute approximate surface area is 138 Å². The lowest BCUT2D eigenvalue weighted by atomic mass is 10.0. The van der Waals surface area contributed by atoms with Crippen LogP contribution in [-0.2, 0) is 19.1 Å². The van der Waals surface area contributed by atoms with Crippen molar-refractivity contribution < 1.29 is 19.1 Å². The molecule has 0 bridgehead atoms. The van der Waals surface area contributed by atoms with Crippen molar-refractivity contribution in [3.63, 3.8) is 0 Å². The zero-order valence-electron chi connectivity index (χ0n) is 14.8. The van der Waals surface area contributed by atoms with Crippen molar-refractivity contribution in [1.82, 2.24) is 10.6 Å². The van der Waals surface area contributed by atoms with E-state index in [4.69, 9.17) is 0 Å². The average molecular weight is 326 g/mol. The third-order valence-electron chi connectivity index (χ3n) is 3.99. The molecule has 2 amide bonds. The van der Waals surface area contributed by atoms with Crippen LogP contribution in [0, 0.1) is 23.7 Å². The van der Waals surface area contributed by atoms with Gasteiger partial charge in [0.05, 0.1) is 18.9 Å². The van der Waals surface area contributed by atoms with E-state index in [9.17, 15) is 14.4 Å². The number of hydrogen-bond donors (Lipinski definition) is 2. The van der Waals surface area contributed by atoms with Gasteiger partial charge >= 0.3 is 5.97 Å². The lowest BCUT2D eigenvalue weighted by Crippen LogP contribution is -2.48. The molecule has 0 aromatic heterocycles. The van der Waals surface area contributed by atoms with Gasteiger partial charge in [0.1, 0.15) is 6.04 Å². The van der Waals surface area contributed by atoms with Crippen molar-refractivity contribution >= 4 is 17.8 Å². The molecular weight excluding hydrogens is 296 g/mol. The summed E-state index contributed by atoms with van der Waals surface area (Å²) in [7, 11) is 1.32. The molecule has 0 aliphatic heterocycles. The third-order valence-corrected chi connectivity index (χ3v) is 3.99. The van der Waals surface area contributed by atoms with E-state index in [2.05, 4.69) is 29.2 Å². The lowest BCUT2D eigenvalue weighted by molar-refractivity contribution is -0.143. The Kier molecular flexibility index (Phi) is 7.52. The van der Waals surface area contributed by atoms with Gasteiger partial charge in [0.15, 0.2) is 0 Å². The molecule has 0 radical (unpaired) electrons. The monoisotopic (exact) mass is 326 g/mol. The van der Waals surface area contributed by atoms with Crippen LogP contribution in [0.3, 0.4) is 0 Å². The molecular formula is C17H30N2O4. The third kappa shape index (κ3) is 6.59. The maximum atomic E-state index is 12.3. The van der Waals surface area contributed by atoms with Crippen LogP contribution in [0.15, 0.2) is 0 Å². The molecule has 0 heterocycles. The van der Waals surface area contributed by atoms with E-state index in [-0.39, 0.29) is 35.5 Å². The van der Waals surface area contributed by atoms with Crippen LogP contribution in [0.1, 0.15) is 47.0 Å². The van der Waals surface area contributed by atoms with Crippen LogP contribution in [0.4, 0.5) is 0 Å². The van der Waals surface area contributed by atoms with Gasteiger partial charge in [0.25, 0.3) is 0 Å². The Bertz CT molecular complexity index is 434. The predicted octanol–water partition coefficient (Wildman–Crippen LogP) is 1.49. The number of carbonyl (C=O) groups excluding carboxylic acids is 3.